The third kappa shape index (κ3) is 6.21. The number of ether oxygens (including phenoxy) is 2. The van der Waals surface area contributed by atoms with E-state index in [0.717, 1.165) is 5.56 Å². The number of nitrogens with one attached hydrogen (secondary N) is 3. The Labute approximate surface area is 202 Å². The first-order valence-electron chi connectivity index (χ1n) is 11.1. The van der Waals surface area contributed by atoms with E-state index >= 15 is 0 Å². The number of rotatable bonds is 10. The summed E-state index contributed by atoms with van der Waals surface area (Å²) in [6.45, 7) is 1.88. The minimum absolute atomic E-state index is 0.0515. The molecule has 0 saturated heterocycles. The van der Waals surface area contributed by atoms with E-state index in [2.05, 4.69) is 30.9 Å². The fraction of sp³-hybridized carbons (Fsp3) is 0.292. The molecule has 0 bridgehead atoms. The van der Waals surface area contributed by atoms with Crippen LogP contribution in [-0.4, -0.2) is 57.8 Å². The van der Waals surface area contributed by atoms with Crippen molar-refractivity contribution in [2.75, 3.05) is 20.4 Å². The van der Waals surface area contributed by atoms with Crippen LogP contribution in [0.1, 0.15) is 23.0 Å². The number of imidazole rings is 1. The van der Waals surface area contributed by atoms with Crippen molar-refractivity contribution in [1.29, 1.82) is 0 Å². The highest BCUT2D eigenvalue weighted by Gasteiger charge is 2.26. The number of benzene rings is 1. The Balaban J connectivity index is 1.47. The number of aryl methyl sites for hydroxylation is 1. The van der Waals surface area contributed by atoms with Gasteiger partial charge in [0, 0.05) is 25.1 Å². The van der Waals surface area contributed by atoms with Crippen molar-refractivity contribution >= 4 is 11.8 Å². The lowest BCUT2D eigenvalue weighted by Crippen LogP contribution is -2.45. The van der Waals surface area contributed by atoms with Crippen LogP contribution in [-0.2, 0) is 25.5 Å². The van der Waals surface area contributed by atoms with Crippen molar-refractivity contribution < 1.29 is 19.1 Å². The lowest BCUT2D eigenvalue weighted by Gasteiger charge is -2.21. The third-order valence-electron chi connectivity index (χ3n) is 5.34. The normalized spacial score (nSPS) is 14.3. The lowest BCUT2D eigenvalue weighted by atomic mass is 10.0. The topological polar surface area (TPSA) is 132 Å². The molecular formula is C24H27N7O4. The third-order valence-corrected chi connectivity index (χ3v) is 5.34. The quantitative estimate of drug-likeness (QED) is 0.393. The number of hydrogen-bond donors (Lipinski definition) is 3. The molecule has 2 aromatic heterocycles. The molecule has 2 amide bonds. The summed E-state index contributed by atoms with van der Waals surface area (Å²) in [6.07, 6.45) is 7.02. The number of carbonyl (C=O) groups excluding carboxylic acids is 2. The molecular weight excluding hydrogens is 450 g/mol. The zero-order valence-corrected chi connectivity index (χ0v) is 19.5. The number of hydrogen-bond acceptors (Lipinski definition) is 8. The maximum atomic E-state index is 12.9. The number of nitrogens with zero attached hydrogens (tertiary/aromatic N) is 4. The molecule has 0 saturated carbocycles. The first-order valence-corrected chi connectivity index (χ1v) is 11.1. The molecule has 3 N–H and O–H groups in total. The zero-order chi connectivity index (χ0) is 24.6. The Morgan fingerprint density at radius 3 is 2.71 bits per heavy atom. The fourth-order valence-electron chi connectivity index (χ4n) is 3.62. The molecule has 11 nitrogen and oxygen atoms in total. The molecule has 1 aliphatic rings. The predicted octanol–water partition coefficient (Wildman–Crippen LogP) is 0.921. The van der Waals surface area contributed by atoms with Gasteiger partial charge in [0.1, 0.15) is 12.6 Å². The van der Waals surface area contributed by atoms with Crippen LogP contribution < -0.4 is 16.0 Å². The largest absolute Gasteiger partial charge is 0.462 e. The van der Waals surface area contributed by atoms with Crippen LogP contribution in [0.2, 0.25) is 0 Å². The summed E-state index contributed by atoms with van der Waals surface area (Å²) in [7, 11) is 1.50. The van der Waals surface area contributed by atoms with Crippen molar-refractivity contribution in [3.63, 3.8) is 0 Å². The van der Waals surface area contributed by atoms with Crippen LogP contribution in [0.3, 0.4) is 0 Å². The lowest BCUT2D eigenvalue weighted by molar-refractivity contribution is -0.128. The second-order valence-electron chi connectivity index (χ2n) is 7.89. The maximum absolute atomic E-state index is 12.9. The highest BCUT2D eigenvalue weighted by Crippen LogP contribution is 2.17. The van der Waals surface area contributed by atoms with Crippen molar-refractivity contribution in [3.05, 3.63) is 84.1 Å². The van der Waals surface area contributed by atoms with Gasteiger partial charge in [-0.25, -0.2) is 15.0 Å². The Morgan fingerprint density at radius 1 is 1.20 bits per heavy atom. The molecule has 2 unspecified atom stereocenters. The van der Waals surface area contributed by atoms with Crippen LogP contribution >= 0.6 is 0 Å². The molecule has 182 valence electrons. The molecule has 35 heavy (non-hydrogen) atoms. The molecule has 0 spiro atoms. The summed E-state index contributed by atoms with van der Waals surface area (Å²) in [5.41, 5.74) is 2.09. The molecule has 1 aromatic carbocycles. The summed E-state index contributed by atoms with van der Waals surface area (Å²) < 4.78 is 12.4. The average molecular weight is 478 g/mol. The fourth-order valence-corrected chi connectivity index (χ4v) is 3.62. The van der Waals surface area contributed by atoms with Gasteiger partial charge in [0.15, 0.2) is 11.8 Å². The van der Waals surface area contributed by atoms with Gasteiger partial charge >= 0.3 is 0 Å². The van der Waals surface area contributed by atoms with Crippen LogP contribution in [0.4, 0.5) is 0 Å². The number of carbonyl (C=O) groups is 2. The van der Waals surface area contributed by atoms with E-state index < -0.39 is 11.9 Å². The van der Waals surface area contributed by atoms with Gasteiger partial charge in [0.05, 0.1) is 18.3 Å². The highest BCUT2D eigenvalue weighted by molar-refractivity contribution is 5.88. The van der Waals surface area contributed by atoms with E-state index in [9.17, 15) is 9.59 Å². The highest BCUT2D eigenvalue weighted by atomic mass is 16.7. The second-order valence-corrected chi connectivity index (χ2v) is 7.89. The van der Waals surface area contributed by atoms with Gasteiger partial charge in [0.25, 0.3) is 0 Å². The Bertz CT molecular complexity index is 1180. The summed E-state index contributed by atoms with van der Waals surface area (Å²) in [5, 5.41) is 8.57. The monoisotopic (exact) mass is 477 g/mol. The Morgan fingerprint density at radius 2 is 2.03 bits per heavy atom. The van der Waals surface area contributed by atoms with Crippen LogP contribution in [0, 0.1) is 6.92 Å². The number of likely N-dealkylation sites (N-methyl/N-ethyl adjacent to an activating group) is 1. The van der Waals surface area contributed by atoms with Gasteiger partial charge < -0.3 is 20.1 Å². The van der Waals surface area contributed by atoms with Crippen molar-refractivity contribution in [3.8, 4) is 5.95 Å². The van der Waals surface area contributed by atoms with E-state index in [-0.39, 0.29) is 25.3 Å². The average Bonchev–Trinajstić information content (AvgIpc) is 3.60. The van der Waals surface area contributed by atoms with E-state index in [1.54, 1.807) is 42.5 Å². The minimum atomic E-state index is -1.00. The molecule has 4 rings (SSSR count). The predicted molar refractivity (Wildman–Crippen MR) is 126 cm³/mol. The van der Waals surface area contributed by atoms with Crippen LogP contribution in [0.15, 0.2) is 67.1 Å². The molecule has 11 heteroatoms. The van der Waals surface area contributed by atoms with E-state index in [0.29, 0.717) is 29.5 Å². The number of amides is 2. The summed E-state index contributed by atoms with van der Waals surface area (Å²) in [5.74, 6) is 0.189. The van der Waals surface area contributed by atoms with E-state index in [1.165, 1.54) is 7.05 Å². The van der Waals surface area contributed by atoms with Crippen molar-refractivity contribution in [2.45, 2.75) is 25.4 Å². The van der Waals surface area contributed by atoms with E-state index in [4.69, 9.17) is 9.47 Å². The van der Waals surface area contributed by atoms with Crippen LogP contribution in [0.5, 0.6) is 0 Å². The molecule has 3 heterocycles. The summed E-state index contributed by atoms with van der Waals surface area (Å²) >= 11 is 0. The summed E-state index contributed by atoms with van der Waals surface area (Å²) in [6, 6.07) is 10.2. The molecule has 0 radical (unpaired) electrons. The molecule has 3 aromatic rings. The maximum Gasteiger partial charge on any atom is 0.248 e. The Hall–Kier alpha value is -4.25. The SMILES string of the molecule is CNC(=O)C(NC(=O)CNC(Cc1ccccc1)C1=COCO1)c1cc(C)nc(-n2ccnc2)n1. The molecule has 2 atom stereocenters. The molecule has 1 aliphatic heterocycles. The molecule has 0 fully saturated rings. The van der Waals surface area contributed by atoms with Gasteiger partial charge in [-0.15, -0.1) is 0 Å². The van der Waals surface area contributed by atoms with Gasteiger partial charge in [-0.05, 0) is 25.0 Å². The smallest absolute Gasteiger partial charge is 0.248 e. The van der Waals surface area contributed by atoms with Gasteiger partial charge in [-0.1, -0.05) is 30.3 Å². The van der Waals surface area contributed by atoms with Gasteiger partial charge in [0.2, 0.25) is 24.6 Å². The first-order chi connectivity index (χ1) is 17.0. The standard InChI is InChI=1S/C24H27N7O4/c1-16-10-19(29-24(28-16)31-9-8-26-14-31)22(23(33)25-2)30-21(32)12-27-18(20-13-34-15-35-20)11-17-6-4-3-5-7-17/h3-10,13-14,18,22,27H,11-12,15H2,1-2H3,(H,25,33)(H,30,32). The zero-order valence-electron chi connectivity index (χ0n) is 19.5. The first kappa shape index (κ1) is 23.9. The summed E-state index contributed by atoms with van der Waals surface area (Å²) in [4.78, 5) is 38.5. The molecule has 0 aliphatic carbocycles. The number of aromatic nitrogens is 4. The van der Waals surface area contributed by atoms with Gasteiger partial charge in [-0.3, -0.25) is 19.5 Å². The van der Waals surface area contributed by atoms with Crippen LogP contribution in [0.25, 0.3) is 5.95 Å². The van der Waals surface area contributed by atoms with Gasteiger partial charge in [-0.2, -0.15) is 0 Å². The second kappa shape index (κ2) is 11.3. The van der Waals surface area contributed by atoms with Crippen molar-refractivity contribution in [1.82, 2.24) is 35.5 Å². The Kier molecular flexibility index (Phi) is 7.68. The van der Waals surface area contributed by atoms with Crippen molar-refractivity contribution in [2.24, 2.45) is 0 Å². The minimum Gasteiger partial charge on any atom is -0.462 e. The van der Waals surface area contributed by atoms with E-state index in [1.807, 2.05) is 30.3 Å².